The van der Waals surface area contributed by atoms with Crippen molar-refractivity contribution in [2.75, 3.05) is 26.4 Å². The van der Waals surface area contributed by atoms with Gasteiger partial charge >= 0.3 is 11.9 Å². The van der Waals surface area contributed by atoms with Crippen LogP contribution in [-0.4, -0.2) is 142 Å². The lowest BCUT2D eigenvalue weighted by Crippen LogP contribution is -2.61. The van der Waals surface area contributed by atoms with Crippen molar-refractivity contribution in [3.63, 3.8) is 0 Å². The standard InChI is InChI=1S/C56H102O15/c1-3-5-7-9-11-13-15-17-18-19-20-21-22-23-24-25-26-27-29-31-33-35-37-39-48(59)69-44(41-66-47(58)38-36-34-32-30-28-16-14-12-10-8-6-4-2)42-67-55-54(65)52(63)50(61)46(71-55)43-68-56-53(64)51(62)49(60)45(40-57)70-56/h15,17,19-20,44-46,49-57,60-65H,3-14,16,18,21-43H2,1-2H3/b17-15-,20-19-. The van der Waals surface area contributed by atoms with E-state index in [-0.39, 0.29) is 26.1 Å². The molecule has 0 aliphatic carbocycles. The average molecular weight is 1020 g/mol. The molecule has 2 rings (SSSR count). The first-order valence-electron chi connectivity index (χ1n) is 28.4. The van der Waals surface area contributed by atoms with E-state index in [1.165, 1.54) is 135 Å². The SMILES string of the molecule is CCCCCCC/C=C\C/C=C\CCCCCCCCCCCCCC(=O)OC(COC(=O)CCCCCCCCCCCCCC)COC1OC(COC2OC(CO)C(O)C(O)C2O)C(O)C(O)C1O. The zero-order chi connectivity index (χ0) is 51.7. The highest BCUT2D eigenvalue weighted by molar-refractivity contribution is 5.70. The number of esters is 2. The summed E-state index contributed by atoms with van der Waals surface area (Å²) in [7, 11) is 0. The number of allylic oxidation sites excluding steroid dienone is 4. The van der Waals surface area contributed by atoms with Gasteiger partial charge in [-0.15, -0.1) is 0 Å². The molecule has 0 aromatic heterocycles. The lowest BCUT2D eigenvalue weighted by atomic mass is 9.98. The van der Waals surface area contributed by atoms with Gasteiger partial charge in [-0.05, 0) is 44.9 Å². The van der Waals surface area contributed by atoms with E-state index in [2.05, 4.69) is 38.2 Å². The minimum atomic E-state index is -1.76. The quantitative estimate of drug-likeness (QED) is 0.0171. The number of hydrogen-bond acceptors (Lipinski definition) is 15. The smallest absolute Gasteiger partial charge is 0.306 e. The fourth-order valence-corrected chi connectivity index (χ4v) is 9.01. The molecule has 11 unspecified atom stereocenters. The maximum Gasteiger partial charge on any atom is 0.306 e. The largest absolute Gasteiger partial charge is 0.462 e. The Hall–Kier alpha value is -2.02. The van der Waals surface area contributed by atoms with E-state index in [9.17, 15) is 45.3 Å². The molecule has 71 heavy (non-hydrogen) atoms. The monoisotopic (exact) mass is 1010 g/mol. The summed E-state index contributed by atoms with van der Waals surface area (Å²) in [6.45, 7) is 2.60. The molecule has 2 heterocycles. The molecule has 0 spiro atoms. The summed E-state index contributed by atoms with van der Waals surface area (Å²) < 4.78 is 33.6. The van der Waals surface area contributed by atoms with E-state index in [0.29, 0.717) is 12.8 Å². The Morgan fingerprint density at radius 1 is 0.451 bits per heavy atom. The zero-order valence-corrected chi connectivity index (χ0v) is 44.2. The molecule has 7 N–H and O–H groups in total. The third-order valence-corrected chi connectivity index (χ3v) is 13.7. The molecule has 11 atom stereocenters. The molecule has 416 valence electrons. The normalized spacial score (nSPS) is 25.3. The Kier molecular flexibility index (Phi) is 39.6. The highest BCUT2D eigenvalue weighted by atomic mass is 16.7. The van der Waals surface area contributed by atoms with Crippen molar-refractivity contribution in [1.82, 2.24) is 0 Å². The van der Waals surface area contributed by atoms with E-state index in [4.69, 9.17) is 28.4 Å². The van der Waals surface area contributed by atoms with Gasteiger partial charge in [0, 0.05) is 12.8 Å². The molecule has 2 fully saturated rings. The maximum atomic E-state index is 13.0. The highest BCUT2D eigenvalue weighted by Crippen LogP contribution is 2.27. The lowest BCUT2D eigenvalue weighted by molar-refractivity contribution is -0.332. The fraction of sp³-hybridized carbons (Fsp3) is 0.893. The van der Waals surface area contributed by atoms with Gasteiger partial charge in [-0.25, -0.2) is 0 Å². The van der Waals surface area contributed by atoms with Gasteiger partial charge in [0.15, 0.2) is 18.7 Å². The van der Waals surface area contributed by atoms with Crippen LogP contribution in [0, 0.1) is 0 Å². The van der Waals surface area contributed by atoms with Crippen LogP contribution in [0.4, 0.5) is 0 Å². The molecule has 0 amide bonds. The van der Waals surface area contributed by atoms with E-state index >= 15 is 0 Å². The molecule has 2 aliphatic heterocycles. The second kappa shape index (κ2) is 43.2. The van der Waals surface area contributed by atoms with Crippen LogP contribution in [-0.2, 0) is 38.0 Å². The Morgan fingerprint density at radius 2 is 0.845 bits per heavy atom. The van der Waals surface area contributed by atoms with E-state index in [1.807, 2.05) is 0 Å². The summed E-state index contributed by atoms with van der Waals surface area (Å²) >= 11 is 0. The van der Waals surface area contributed by atoms with Crippen LogP contribution in [0.1, 0.15) is 226 Å². The number of ether oxygens (including phenoxy) is 6. The van der Waals surface area contributed by atoms with E-state index in [0.717, 1.165) is 51.4 Å². The topological polar surface area (TPSA) is 231 Å². The predicted molar refractivity (Wildman–Crippen MR) is 275 cm³/mol. The van der Waals surface area contributed by atoms with Gasteiger partial charge in [0.1, 0.15) is 55.4 Å². The van der Waals surface area contributed by atoms with Crippen molar-refractivity contribution in [3.8, 4) is 0 Å². The molecule has 15 heteroatoms. The maximum absolute atomic E-state index is 13.0. The summed E-state index contributed by atoms with van der Waals surface area (Å²) in [4.78, 5) is 25.8. The molecule has 0 aromatic carbocycles. The van der Waals surface area contributed by atoms with Gasteiger partial charge in [-0.1, -0.05) is 192 Å². The van der Waals surface area contributed by atoms with Gasteiger partial charge in [0.25, 0.3) is 0 Å². The van der Waals surface area contributed by atoms with Crippen LogP contribution in [0.2, 0.25) is 0 Å². The van der Waals surface area contributed by atoms with Crippen LogP contribution >= 0.6 is 0 Å². The minimum Gasteiger partial charge on any atom is -0.462 e. The molecular formula is C56H102O15. The van der Waals surface area contributed by atoms with Crippen molar-refractivity contribution in [2.45, 2.75) is 293 Å². The van der Waals surface area contributed by atoms with Crippen LogP contribution in [0.5, 0.6) is 0 Å². The third kappa shape index (κ3) is 30.8. The molecule has 2 aliphatic rings. The van der Waals surface area contributed by atoms with Gasteiger partial charge < -0.3 is 64.2 Å². The highest BCUT2D eigenvalue weighted by Gasteiger charge is 2.47. The second-order valence-corrected chi connectivity index (χ2v) is 20.1. The molecule has 2 saturated heterocycles. The van der Waals surface area contributed by atoms with Gasteiger partial charge in [0.2, 0.25) is 0 Å². The second-order valence-electron chi connectivity index (χ2n) is 20.1. The number of aliphatic hydroxyl groups is 7. The Labute approximate surface area is 428 Å². The van der Waals surface area contributed by atoms with Gasteiger partial charge in [-0.2, -0.15) is 0 Å². The molecule has 0 saturated carbocycles. The number of carbonyl (C=O) groups excluding carboxylic acids is 2. The van der Waals surface area contributed by atoms with Crippen molar-refractivity contribution in [2.24, 2.45) is 0 Å². The van der Waals surface area contributed by atoms with Crippen LogP contribution in [0.3, 0.4) is 0 Å². The first-order valence-corrected chi connectivity index (χ1v) is 28.4. The summed E-state index contributed by atoms with van der Waals surface area (Å²) in [6.07, 6.45) is 29.2. The summed E-state index contributed by atoms with van der Waals surface area (Å²) in [5.74, 6) is -0.917. The van der Waals surface area contributed by atoms with E-state index < -0.39 is 92.7 Å². The average Bonchev–Trinajstić information content (AvgIpc) is 3.36. The minimum absolute atomic E-state index is 0.166. The van der Waals surface area contributed by atoms with Crippen molar-refractivity contribution >= 4 is 11.9 Å². The van der Waals surface area contributed by atoms with Gasteiger partial charge in [-0.3, -0.25) is 9.59 Å². The van der Waals surface area contributed by atoms with Crippen LogP contribution in [0.15, 0.2) is 24.3 Å². The van der Waals surface area contributed by atoms with Crippen LogP contribution in [0.25, 0.3) is 0 Å². The first-order chi connectivity index (χ1) is 34.5. The molecule has 0 radical (unpaired) electrons. The molecule has 0 bridgehead atoms. The Bertz CT molecular complexity index is 1330. The fourth-order valence-electron chi connectivity index (χ4n) is 9.01. The number of carbonyl (C=O) groups is 2. The number of unbranched alkanes of at least 4 members (excludes halogenated alkanes) is 27. The first kappa shape index (κ1) is 65.1. The molecular weight excluding hydrogens is 913 g/mol. The zero-order valence-electron chi connectivity index (χ0n) is 44.2. The number of hydrogen-bond donors (Lipinski definition) is 7. The third-order valence-electron chi connectivity index (χ3n) is 13.7. The molecule has 15 nitrogen and oxygen atoms in total. The van der Waals surface area contributed by atoms with Gasteiger partial charge in [0.05, 0.1) is 19.8 Å². The summed E-state index contributed by atoms with van der Waals surface area (Å²) in [6, 6.07) is 0. The number of aliphatic hydroxyl groups excluding tert-OH is 7. The van der Waals surface area contributed by atoms with Crippen molar-refractivity contribution in [3.05, 3.63) is 24.3 Å². The van der Waals surface area contributed by atoms with Crippen LogP contribution < -0.4 is 0 Å². The van der Waals surface area contributed by atoms with Crippen molar-refractivity contribution in [1.29, 1.82) is 0 Å². The Morgan fingerprint density at radius 3 is 1.31 bits per heavy atom. The Balaban J connectivity index is 1.73. The number of rotatable bonds is 45. The van der Waals surface area contributed by atoms with E-state index in [1.54, 1.807) is 0 Å². The molecule has 0 aromatic rings. The summed E-state index contributed by atoms with van der Waals surface area (Å²) in [5, 5.41) is 72.2. The summed E-state index contributed by atoms with van der Waals surface area (Å²) in [5.41, 5.74) is 0. The lowest BCUT2D eigenvalue weighted by Gasteiger charge is -2.42. The predicted octanol–water partition coefficient (Wildman–Crippen LogP) is 9.11. The van der Waals surface area contributed by atoms with Crippen molar-refractivity contribution < 1.29 is 73.8 Å².